The van der Waals surface area contributed by atoms with Gasteiger partial charge in [-0.15, -0.1) is 0 Å². The van der Waals surface area contributed by atoms with Crippen molar-refractivity contribution in [2.45, 2.75) is 128 Å². The van der Waals surface area contributed by atoms with Crippen molar-refractivity contribution in [3.63, 3.8) is 0 Å². The topological polar surface area (TPSA) is 239 Å². The number of hydrogen-bond donors (Lipinski definition) is 7. The first kappa shape index (κ1) is 45.8. The maximum Gasteiger partial charge on any atom is 0.307 e. The molecule has 0 radical (unpaired) electrons. The molecule has 3 aliphatic rings. The van der Waals surface area contributed by atoms with Gasteiger partial charge in [-0.3, -0.25) is 14.4 Å². The molecule has 0 aromatic carbocycles. The summed E-state index contributed by atoms with van der Waals surface area (Å²) in [5.74, 6) is -2.06. The van der Waals surface area contributed by atoms with E-state index in [1.165, 1.54) is 0 Å². The second-order valence-corrected chi connectivity index (χ2v) is 14.4. The molecule has 3 rings (SSSR count). The molecule has 55 heavy (non-hydrogen) atoms. The van der Waals surface area contributed by atoms with Crippen molar-refractivity contribution in [1.29, 1.82) is 0 Å². The highest BCUT2D eigenvalue weighted by atomic mass is 16.7. The van der Waals surface area contributed by atoms with Crippen LogP contribution in [-0.4, -0.2) is 134 Å². The fourth-order valence-corrected chi connectivity index (χ4v) is 6.28. The average Bonchev–Trinajstić information content (AvgIpc) is 3.13. The monoisotopic (exact) mass is 776 g/mol. The van der Waals surface area contributed by atoms with E-state index in [1.54, 1.807) is 6.92 Å². The Kier molecular flexibility index (Phi) is 17.5. The smallest absolute Gasteiger partial charge is 0.307 e. The SMILES string of the molecule is C\C=C/C=C/C=C(C)/C=C/C=C(C)/C=C/C1=C(C)C(=O)C(OC(=O)CCC(=O)OCC2OC(O)C(O)C(O)C2OC2OC(CO)C(O)C(O)C2O)CC1(C)C. The van der Waals surface area contributed by atoms with Gasteiger partial charge in [0.25, 0.3) is 0 Å². The Hall–Kier alpha value is -3.61. The molecule has 15 nitrogen and oxygen atoms in total. The third-order valence-electron chi connectivity index (χ3n) is 9.51. The largest absolute Gasteiger partial charge is 0.463 e. The number of hydrogen-bond acceptors (Lipinski definition) is 15. The van der Waals surface area contributed by atoms with Crippen LogP contribution in [0.2, 0.25) is 0 Å². The molecule has 2 saturated heterocycles. The van der Waals surface area contributed by atoms with E-state index in [4.69, 9.17) is 23.7 Å². The van der Waals surface area contributed by atoms with Crippen LogP contribution in [0.15, 0.2) is 83.1 Å². The molecule has 2 fully saturated rings. The standard InChI is InChI=1S/C40H56O15/c1-7-8-9-10-12-22(2)13-11-14-23(3)15-16-25-24(4)31(44)26(19-40(25,5)6)52-30(43)18-17-29(42)51-21-28-37(34(47)35(48)38(50)53-28)55-39-36(49)33(46)32(45)27(20-41)54-39/h7-16,26-28,32-39,41,45-50H,17-21H2,1-6H3/b8-7-,10-9+,13-11+,16-15+,22-12+,23-14+. The van der Waals surface area contributed by atoms with Crippen LogP contribution in [-0.2, 0) is 38.1 Å². The summed E-state index contributed by atoms with van der Waals surface area (Å²) >= 11 is 0. The van der Waals surface area contributed by atoms with Gasteiger partial charge in [0, 0.05) is 6.42 Å². The number of esters is 2. The highest BCUT2D eigenvalue weighted by Gasteiger charge is 2.50. The van der Waals surface area contributed by atoms with Crippen molar-refractivity contribution in [1.82, 2.24) is 0 Å². The summed E-state index contributed by atoms with van der Waals surface area (Å²) in [6.45, 7) is 10.1. The van der Waals surface area contributed by atoms with Crippen molar-refractivity contribution in [2.75, 3.05) is 13.2 Å². The average molecular weight is 777 g/mol. The first-order valence-electron chi connectivity index (χ1n) is 18.2. The summed E-state index contributed by atoms with van der Waals surface area (Å²) < 4.78 is 26.8. The zero-order valence-corrected chi connectivity index (χ0v) is 32.1. The molecule has 2 aliphatic heterocycles. The number of carbonyl (C=O) groups is 3. The first-order chi connectivity index (χ1) is 25.9. The molecule has 306 valence electrons. The quantitative estimate of drug-likeness (QED) is 0.0917. The number of ether oxygens (including phenoxy) is 5. The molecule has 11 unspecified atom stereocenters. The van der Waals surface area contributed by atoms with Crippen LogP contribution in [0, 0.1) is 5.41 Å². The third-order valence-corrected chi connectivity index (χ3v) is 9.51. The summed E-state index contributed by atoms with van der Waals surface area (Å²) in [5.41, 5.74) is 2.80. The third kappa shape index (κ3) is 12.7. The van der Waals surface area contributed by atoms with Crippen molar-refractivity contribution < 1.29 is 73.8 Å². The fourth-order valence-electron chi connectivity index (χ4n) is 6.28. The van der Waals surface area contributed by atoms with Gasteiger partial charge in [0.1, 0.15) is 55.4 Å². The van der Waals surface area contributed by atoms with Crippen LogP contribution in [0.3, 0.4) is 0 Å². The van der Waals surface area contributed by atoms with Crippen LogP contribution < -0.4 is 0 Å². The van der Waals surface area contributed by atoms with Gasteiger partial charge in [-0.2, -0.15) is 0 Å². The van der Waals surface area contributed by atoms with Gasteiger partial charge in [0.2, 0.25) is 0 Å². The van der Waals surface area contributed by atoms with Crippen LogP contribution in [0.1, 0.15) is 60.8 Å². The van der Waals surface area contributed by atoms with E-state index in [0.717, 1.165) is 16.7 Å². The van der Waals surface area contributed by atoms with Crippen LogP contribution in [0.5, 0.6) is 0 Å². The van der Waals surface area contributed by atoms with E-state index in [0.29, 0.717) is 5.57 Å². The lowest BCUT2D eigenvalue weighted by Gasteiger charge is -2.45. The molecule has 2 heterocycles. The molecular weight excluding hydrogens is 720 g/mol. The maximum absolute atomic E-state index is 13.3. The molecule has 0 saturated carbocycles. The van der Waals surface area contributed by atoms with E-state index in [2.05, 4.69) is 0 Å². The Bertz CT molecular complexity index is 1550. The van der Waals surface area contributed by atoms with Gasteiger partial charge < -0.3 is 59.4 Å². The normalized spacial score (nSPS) is 33.7. The molecular formula is C40H56O15. The van der Waals surface area contributed by atoms with E-state index < -0.39 is 111 Å². The molecule has 1 aliphatic carbocycles. The minimum atomic E-state index is -1.93. The Balaban J connectivity index is 1.56. The zero-order valence-electron chi connectivity index (χ0n) is 32.1. The highest BCUT2D eigenvalue weighted by Crippen LogP contribution is 2.41. The Labute approximate surface area is 321 Å². The van der Waals surface area contributed by atoms with Gasteiger partial charge in [0.05, 0.1) is 19.4 Å². The lowest BCUT2D eigenvalue weighted by molar-refractivity contribution is -0.355. The van der Waals surface area contributed by atoms with Gasteiger partial charge in [-0.25, -0.2) is 0 Å². The predicted molar refractivity (Wildman–Crippen MR) is 197 cm³/mol. The number of aliphatic hydroxyl groups is 7. The van der Waals surface area contributed by atoms with Crippen molar-refractivity contribution in [3.8, 4) is 0 Å². The summed E-state index contributed by atoms with van der Waals surface area (Å²) in [6, 6.07) is 0. The van der Waals surface area contributed by atoms with E-state index >= 15 is 0 Å². The number of ketones is 1. The second kappa shape index (κ2) is 21.1. The minimum Gasteiger partial charge on any atom is -0.463 e. The number of carbonyl (C=O) groups excluding carboxylic acids is 3. The summed E-state index contributed by atoms with van der Waals surface area (Å²) in [5, 5.41) is 70.7. The van der Waals surface area contributed by atoms with Crippen molar-refractivity contribution in [3.05, 3.63) is 83.1 Å². The second-order valence-electron chi connectivity index (χ2n) is 14.4. The Morgan fingerprint density at radius 3 is 2.15 bits per heavy atom. The lowest BCUT2D eigenvalue weighted by atomic mass is 9.71. The summed E-state index contributed by atoms with van der Waals surface area (Å²) in [7, 11) is 0. The van der Waals surface area contributed by atoms with Crippen LogP contribution in [0.25, 0.3) is 0 Å². The fraction of sp³-hybridized carbons (Fsp3) is 0.575. The molecule has 11 atom stereocenters. The van der Waals surface area contributed by atoms with Crippen LogP contribution in [0.4, 0.5) is 0 Å². The van der Waals surface area contributed by atoms with Crippen molar-refractivity contribution in [2.24, 2.45) is 5.41 Å². The van der Waals surface area contributed by atoms with E-state index in [1.807, 2.05) is 95.4 Å². The summed E-state index contributed by atoms with van der Waals surface area (Å²) in [6.07, 6.45) is 0.604. The highest BCUT2D eigenvalue weighted by molar-refractivity contribution is 6.01. The van der Waals surface area contributed by atoms with Gasteiger partial charge in [-0.05, 0) is 44.3 Å². The molecule has 0 bridgehead atoms. The van der Waals surface area contributed by atoms with E-state index in [9.17, 15) is 50.1 Å². The van der Waals surface area contributed by atoms with Crippen LogP contribution >= 0.6 is 0 Å². The molecule has 0 amide bonds. The van der Waals surface area contributed by atoms with Crippen molar-refractivity contribution >= 4 is 17.7 Å². The first-order valence-corrected chi connectivity index (χ1v) is 18.2. The van der Waals surface area contributed by atoms with Gasteiger partial charge in [-0.1, -0.05) is 85.8 Å². The molecule has 15 heteroatoms. The number of rotatable bonds is 15. The number of Topliss-reactive ketones (excluding diaryl/α,β-unsaturated/α-hetero) is 1. The molecule has 0 spiro atoms. The molecule has 0 aromatic rings. The van der Waals surface area contributed by atoms with Gasteiger partial charge >= 0.3 is 11.9 Å². The zero-order chi connectivity index (χ0) is 41.0. The Morgan fingerprint density at radius 2 is 1.47 bits per heavy atom. The van der Waals surface area contributed by atoms with Gasteiger partial charge in [0.15, 0.2) is 24.5 Å². The Morgan fingerprint density at radius 1 is 0.818 bits per heavy atom. The number of allylic oxidation sites excluding steroid dienone is 13. The van der Waals surface area contributed by atoms with E-state index in [-0.39, 0.29) is 12.2 Å². The molecule has 0 aromatic heterocycles. The minimum absolute atomic E-state index is 0.220. The molecule has 7 N–H and O–H groups in total. The number of aliphatic hydroxyl groups excluding tert-OH is 7. The maximum atomic E-state index is 13.3. The summed E-state index contributed by atoms with van der Waals surface area (Å²) in [4.78, 5) is 38.7. The lowest BCUT2D eigenvalue weighted by Crippen LogP contribution is -2.64. The predicted octanol–water partition coefficient (Wildman–Crippen LogP) is 1.30.